The number of carbonyl (C=O) groups is 1. The molecule has 0 bridgehead atoms. The van der Waals surface area contributed by atoms with Gasteiger partial charge >= 0.3 is 0 Å². The van der Waals surface area contributed by atoms with Gasteiger partial charge in [0, 0.05) is 39.1 Å². The quantitative estimate of drug-likeness (QED) is 0.906. The van der Waals surface area contributed by atoms with E-state index >= 15 is 0 Å². The van der Waals surface area contributed by atoms with Gasteiger partial charge in [-0.15, -0.1) is 0 Å². The Morgan fingerprint density at radius 2 is 2.09 bits per heavy atom. The summed E-state index contributed by atoms with van der Waals surface area (Å²) in [4.78, 5) is 26.7. The van der Waals surface area contributed by atoms with Crippen LogP contribution in [-0.4, -0.2) is 45.1 Å². The predicted octanol–water partition coefficient (Wildman–Crippen LogP) is 0.856. The number of nitrogens with one attached hydrogen (secondary N) is 1. The first-order valence-corrected chi connectivity index (χ1v) is 7.49. The maximum atomic E-state index is 12.1. The van der Waals surface area contributed by atoms with Crippen molar-refractivity contribution in [2.45, 2.75) is 12.8 Å². The third-order valence-corrected chi connectivity index (χ3v) is 4.09. The van der Waals surface area contributed by atoms with Crippen LogP contribution in [0.5, 0.6) is 0 Å². The molecular formula is C15H20N6O. The fourth-order valence-electron chi connectivity index (χ4n) is 2.72. The molecule has 0 atom stereocenters. The smallest absolute Gasteiger partial charge is 0.269 e. The summed E-state index contributed by atoms with van der Waals surface area (Å²) in [7, 11) is 1.82. The lowest BCUT2D eigenvalue weighted by Gasteiger charge is -2.32. The fraction of sp³-hybridized carbons (Fsp3) is 0.467. The van der Waals surface area contributed by atoms with Crippen LogP contribution in [-0.2, 0) is 7.05 Å². The second kappa shape index (κ2) is 6.55. The molecule has 0 aromatic carbocycles. The standard InChI is InChI=1S/C15H20N6O/c1-20-11-17-9-13(20)15(22)19-8-12-2-6-21(7-3-12)14-10-16-4-5-18-14/h4-5,9-12H,2-3,6-8H2,1H3,(H,19,22). The number of anilines is 1. The van der Waals surface area contributed by atoms with Crippen molar-refractivity contribution >= 4 is 11.7 Å². The van der Waals surface area contributed by atoms with Crippen LogP contribution >= 0.6 is 0 Å². The van der Waals surface area contributed by atoms with Crippen LogP contribution in [0.25, 0.3) is 0 Å². The highest BCUT2D eigenvalue weighted by molar-refractivity contribution is 5.92. The van der Waals surface area contributed by atoms with Gasteiger partial charge in [0.25, 0.3) is 5.91 Å². The molecule has 3 heterocycles. The molecule has 0 saturated carbocycles. The highest BCUT2D eigenvalue weighted by atomic mass is 16.1. The summed E-state index contributed by atoms with van der Waals surface area (Å²) < 4.78 is 1.73. The topological polar surface area (TPSA) is 75.9 Å². The van der Waals surface area contributed by atoms with Crippen molar-refractivity contribution in [3.63, 3.8) is 0 Å². The van der Waals surface area contributed by atoms with Crippen LogP contribution in [0, 0.1) is 5.92 Å². The molecule has 7 nitrogen and oxygen atoms in total. The van der Waals surface area contributed by atoms with Crippen molar-refractivity contribution in [2.24, 2.45) is 13.0 Å². The van der Waals surface area contributed by atoms with E-state index in [2.05, 4.69) is 25.2 Å². The summed E-state index contributed by atoms with van der Waals surface area (Å²) in [5.41, 5.74) is 0.594. The highest BCUT2D eigenvalue weighted by Crippen LogP contribution is 2.20. The molecule has 116 valence electrons. The molecule has 0 aliphatic carbocycles. The van der Waals surface area contributed by atoms with Gasteiger partial charge in [-0.3, -0.25) is 9.78 Å². The summed E-state index contributed by atoms with van der Waals surface area (Å²) >= 11 is 0. The Bertz CT molecular complexity index is 618. The van der Waals surface area contributed by atoms with Crippen molar-refractivity contribution in [1.29, 1.82) is 0 Å². The largest absolute Gasteiger partial charge is 0.355 e. The van der Waals surface area contributed by atoms with Gasteiger partial charge in [-0.2, -0.15) is 0 Å². The summed E-state index contributed by atoms with van der Waals surface area (Å²) in [5, 5.41) is 3.00. The van der Waals surface area contributed by atoms with Crippen molar-refractivity contribution in [3.8, 4) is 0 Å². The molecular weight excluding hydrogens is 280 g/mol. The molecule has 1 fully saturated rings. The lowest BCUT2D eigenvalue weighted by Crippen LogP contribution is -2.39. The molecule has 0 spiro atoms. The summed E-state index contributed by atoms with van der Waals surface area (Å²) in [6.45, 7) is 2.61. The first-order valence-electron chi connectivity index (χ1n) is 7.49. The third kappa shape index (κ3) is 3.24. The van der Waals surface area contributed by atoms with Crippen LogP contribution in [0.15, 0.2) is 31.1 Å². The SMILES string of the molecule is Cn1cncc1C(=O)NCC1CCN(c2cnccn2)CC1. The van der Waals surface area contributed by atoms with Gasteiger partial charge in [0.2, 0.25) is 0 Å². The minimum Gasteiger partial charge on any atom is -0.355 e. The number of hydrogen-bond donors (Lipinski definition) is 1. The molecule has 3 rings (SSSR count). The fourth-order valence-corrected chi connectivity index (χ4v) is 2.72. The molecule has 2 aromatic rings. The van der Waals surface area contributed by atoms with Gasteiger partial charge in [-0.1, -0.05) is 0 Å². The maximum absolute atomic E-state index is 12.1. The van der Waals surface area contributed by atoms with Crippen LogP contribution in [0.2, 0.25) is 0 Å². The minimum absolute atomic E-state index is 0.0589. The number of amides is 1. The monoisotopic (exact) mass is 300 g/mol. The Morgan fingerprint density at radius 3 is 2.73 bits per heavy atom. The lowest BCUT2D eigenvalue weighted by molar-refractivity contribution is 0.0936. The van der Waals surface area contributed by atoms with E-state index in [1.165, 1.54) is 0 Å². The number of imidazole rings is 1. The van der Waals surface area contributed by atoms with Crippen molar-refractivity contribution in [1.82, 2.24) is 24.8 Å². The zero-order valence-corrected chi connectivity index (χ0v) is 12.6. The van der Waals surface area contributed by atoms with Crippen LogP contribution in [0.4, 0.5) is 5.82 Å². The number of hydrogen-bond acceptors (Lipinski definition) is 5. The van der Waals surface area contributed by atoms with Gasteiger partial charge in [0.15, 0.2) is 0 Å². The average molecular weight is 300 g/mol. The summed E-state index contributed by atoms with van der Waals surface area (Å²) in [6.07, 6.45) is 10.5. The van der Waals surface area contributed by atoms with Crippen molar-refractivity contribution in [3.05, 3.63) is 36.8 Å². The first kappa shape index (κ1) is 14.5. The van der Waals surface area contributed by atoms with Gasteiger partial charge in [-0.25, -0.2) is 9.97 Å². The molecule has 0 unspecified atom stereocenters. The zero-order chi connectivity index (χ0) is 15.4. The van der Waals surface area contributed by atoms with Crippen LogP contribution in [0.1, 0.15) is 23.3 Å². The Balaban J connectivity index is 1.46. The minimum atomic E-state index is -0.0589. The number of piperidine rings is 1. The number of nitrogens with zero attached hydrogens (tertiary/aromatic N) is 5. The molecule has 7 heteroatoms. The second-order valence-electron chi connectivity index (χ2n) is 5.59. The third-order valence-electron chi connectivity index (χ3n) is 4.09. The van der Waals surface area contributed by atoms with E-state index in [-0.39, 0.29) is 5.91 Å². The lowest BCUT2D eigenvalue weighted by atomic mass is 9.97. The van der Waals surface area contributed by atoms with Crippen molar-refractivity contribution < 1.29 is 4.79 Å². The van der Waals surface area contributed by atoms with Gasteiger partial charge in [0.1, 0.15) is 11.5 Å². The van der Waals surface area contributed by atoms with Gasteiger partial charge < -0.3 is 14.8 Å². The van der Waals surface area contributed by atoms with Crippen LogP contribution < -0.4 is 10.2 Å². The number of aryl methyl sites for hydroxylation is 1. The molecule has 1 amide bonds. The van der Waals surface area contributed by atoms with E-state index in [1.54, 1.807) is 35.7 Å². The molecule has 2 aromatic heterocycles. The van der Waals surface area contributed by atoms with Crippen LogP contribution in [0.3, 0.4) is 0 Å². The van der Waals surface area contributed by atoms with E-state index in [0.29, 0.717) is 18.2 Å². The highest BCUT2D eigenvalue weighted by Gasteiger charge is 2.21. The maximum Gasteiger partial charge on any atom is 0.269 e. The van der Waals surface area contributed by atoms with Gasteiger partial charge in [-0.05, 0) is 18.8 Å². The predicted molar refractivity (Wildman–Crippen MR) is 82.5 cm³/mol. The second-order valence-corrected chi connectivity index (χ2v) is 5.59. The molecule has 1 aliphatic heterocycles. The summed E-state index contributed by atoms with van der Waals surface area (Å²) in [5.74, 6) is 1.38. The first-order chi connectivity index (χ1) is 10.7. The number of aromatic nitrogens is 4. The zero-order valence-electron chi connectivity index (χ0n) is 12.6. The van der Waals surface area contributed by atoms with E-state index in [1.807, 2.05) is 7.05 Å². The van der Waals surface area contributed by atoms with E-state index in [4.69, 9.17) is 0 Å². The van der Waals surface area contributed by atoms with Gasteiger partial charge in [0.05, 0.1) is 18.7 Å². The Kier molecular flexibility index (Phi) is 4.32. The Morgan fingerprint density at radius 1 is 1.27 bits per heavy atom. The Hall–Kier alpha value is -2.44. The number of carbonyl (C=O) groups excluding carboxylic acids is 1. The molecule has 1 N–H and O–H groups in total. The van der Waals surface area contributed by atoms with E-state index in [9.17, 15) is 4.79 Å². The molecule has 1 aliphatic rings. The normalized spacial score (nSPS) is 15.8. The summed E-state index contributed by atoms with van der Waals surface area (Å²) in [6, 6.07) is 0. The average Bonchev–Trinajstić information content (AvgIpc) is 3.00. The number of rotatable bonds is 4. The van der Waals surface area contributed by atoms with E-state index < -0.39 is 0 Å². The van der Waals surface area contributed by atoms with Crippen molar-refractivity contribution in [2.75, 3.05) is 24.5 Å². The molecule has 1 saturated heterocycles. The Labute approximate surface area is 129 Å². The molecule has 22 heavy (non-hydrogen) atoms. The molecule has 0 radical (unpaired) electrons. The van der Waals surface area contributed by atoms with E-state index in [0.717, 1.165) is 31.7 Å².